The highest BCUT2D eigenvalue weighted by Crippen LogP contribution is 2.30. The predicted molar refractivity (Wildman–Crippen MR) is 92.9 cm³/mol. The Labute approximate surface area is 148 Å². The Morgan fingerprint density at radius 3 is 2.88 bits per heavy atom. The first-order chi connectivity index (χ1) is 12.0. The summed E-state index contributed by atoms with van der Waals surface area (Å²) >= 11 is 0. The fourth-order valence-corrected chi connectivity index (χ4v) is 3.16. The molecule has 7 heteroatoms. The number of nitrogens with zero attached hydrogens (tertiary/aromatic N) is 4. The Bertz CT molecular complexity index is 748. The van der Waals surface area contributed by atoms with Gasteiger partial charge in [-0.05, 0) is 13.8 Å². The molecular formula is C18H26N4O3. The molecule has 1 aliphatic heterocycles. The van der Waals surface area contributed by atoms with Crippen molar-refractivity contribution in [1.29, 1.82) is 0 Å². The van der Waals surface area contributed by atoms with Gasteiger partial charge in [-0.3, -0.25) is 9.48 Å². The molecule has 1 aliphatic rings. The molecule has 136 valence electrons. The van der Waals surface area contributed by atoms with Crippen molar-refractivity contribution in [1.82, 2.24) is 19.7 Å². The van der Waals surface area contributed by atoms with Crippen LogP contribution in [0.2, 0.25) is 0 Å². The van der Waals surface area contributed by atoms with Crippen LogP contribution in [0.5, 0.6) is 0 Å². The first-order valence-electron chi connectivity index (χ1n) is 8.89. The number of rotatable bonds is 6. The molecule has 3 heterocycles. The molecule has 0 bridgehead atoms. The van der Waals surface area contributed by atoms with Crippen LogP contribution < -0.4 is 0 Å². The largest absolute Gasteiger partial charge is 0.440 e. The molecule has 3 rings (SSSR count). The molecule has 0 unspecified atom stereocenters. The zero-order valence-corrected chi connectivity index (χ0v) is 15.4. The SMILES string of the molecule is CCOCCn1nc(-c2ncc(C)o2)c2c1CCN(C(=O)C(C)C)C2. The maximum atomic E-state index is 12.4. The van der Waals surface area contributed by atoms with Gasteiger partial charge in [0.05, 0.1) is 19.3 Å². The zero-order valence-electron chi connectivity index (χ0n) is 15.4. The van der Waals surface area contributed by atoms with Crippen LogP contribution in [-0.4, -0.2) is 45.3 Å². The van der Waals surface area contributed by atoms with E-state index < -0.39 is 0 Å². The topological polar surface area (TPSA) is 73.4 Å². The number of hydrogen-bond donors (Lipinski definition) is 0. The number of aryl methyl sites for hydroxylation is 1. The Morgan fingerprint density at radius 2 is 2.24 bits per heavy atom. The summed E-state index contributed by atoms with van der Waals surface area (Å²) < 4.78 is 13.2. The van der Waals surface area contributed by atoms with Crippen molar-refractivity contribution in [2.75, 3.05) is 19.8 Å². The molecule has 0 spiro atoms. The summed E-state index contributed by atoms with van der Waals surface area (Å²) in [6.45, 7) is 11.0. The predicted octanol–water partition coefficient (Wildman–Crippen LogP) is 2.42. The van der Waals surface area contributed by atoms with E-state index in [-0.39, 0.29) is 11.8 Å². The van der Waals surface area contributed by atoms with Gasteiger partial charge in [0.25, 0.3) is 0 Å². The lowest BCUT2D eigenvalue weighted by atomic mass is 10.0. The maximum Gasteiger partial charge on any atom is 0.247 e. The van der Waals surface area contributed by atoms with Gasteiger partial charge in [0.1, 0.15) is 5.76 Å². The van der Waals surface area contributed by atoms with Crippen molar-refractivity contribution >= 4 is 5.91 Å². The van der Waals surface area contributed by atoms with E-state index in [0.29, 0.717) is 38.7 Å². The summed E-state index contributed by atoms with van der Waals surface area (Å²) in [6.07, 6.45) is 2.48. The van der Waals surface area contributed by atoms with Gasteiger partial charge in [-0.2, -0.15) is 5.10 Å². The molecule has 0 saturated carbocycles. The second-order valence-corrected chi connectivity index (χ2v) is 6.63. The quantitative estimate of drug-likeness (QED) is 0.751. The average Bonchev–Trinajstić information content (AvgIpc) is 3.17. The van der Waals surface area contributed by atoms with E-state index in [9.17, 15) is 4.79 Å². The third-order valence-electron chi connectivity index (χ3n) is 4.41. The highest BCUT2D eigenvalue weighted by atomic mass is 16.5. The van der Waals surface area contributed by atoms with Crippen molar-refractivity contribution in [2.45, 2.75) is 47.2 Å². The van der Waals surface area contributed by atoms with Gasteiger partial charge in [-0.15, -0.1) is 0 Å². The van der Waals surface area contributed by atoms with Crippen molar-refractivity contribution in [2.24, 2.45) is 5.92 Å². The van der Waals surface area contributed by atoms with Gasteiger partial charge >= 0.3 is 0 Å². The molecule has 0 aromatic carbocycles. The first-order valence-corrected chi connectivity index (χ1v) is 8.89. The molecule has 7 nitrogen and oxygen atoms in total. The number of fused-ring (bicyclic) bond motifs is 1. The molecule has 2 aromatic rings. The number of carbonyl (C=O) groups is 1. The Morgan fingerprint density at radius 1 is 1.44 bits per heavy atom. The number of carbonyl (C=O) groups excluding carboxylic acids is 1. The van der Waals surface area contributed by atoms with Crippen LogP contribution >= 0.6 is 0 Å². The van der Waals surface area contributed by atoms with E-state index in [1.165, 1.54) is 0 Å². The molecule has 0 fully saturated rings. The second-order valence-electron chi connectivity index (χ2n) is 6.63. The number of amides is 1. The van der Waals surface area contributed by atoms with Gasteiger partial charge in [0.2, 0.25) is 11.8 Å². The summed E-state index contributed by atoms with van der Waals surface area (Å²) in [5, 5.41) is 4.73. The molecule has 0 atom stereocenters. The van der Waals surface area contributed by atoms with Crippen LogP contribution in [0.15, 0.2) is 10.6 Å². The third kappa shape index (κ3) is 3.61. The minimum absolute atomic E-state index is 0.0121. The second kappa shape index (κ2) is 7.39. The van der Waals surface area contributed by atoms with E-state index in [1.54, 1.807) is 6.20 Å². The van der Waals surface area contributed by atoms with E-state index >= 15 is 0 Å². The number of aromatic nitrogens is 3. The fraction of sp³-hybridized carbons (Fsp3) is 0.611. The number of oxazole rings is 1. The monoisotopic (exact) mass is 346 g/mol. The summed E-state index contributed by atoms with van der Waals surface area (Å²) in [5.41, 5.74) is 2.93. The van der Waals surface area contributed by atoms with Crippen LogP contribution in [-0.2, 0) is 29.0 Å². The lowest BCUT2D eigenvalue weighted by Gasteiger charge is -2.29. The van der Waals surface area contributed by atoms with Gasteiger partial charge in [0.15, 0.2) is 5.69 Å². The van der Waals surface area contributed by atoms with Crippen LogP contribution in [0.4, 0.5) is 0 Å². The summed E-state index contributed by atoms with van der Waals surface area (Å²) in [4.78, 5) is 18.7. The van der Waals surface area contributed by atoms with Gasteiger partial charge < -0.3 is 14.1 Å². The van der Waals surface area contributed by atoms with Crippen molar-refractivity contribution in [3.8, 4) is 11.6 Å². The van der Waals surface area contributed by atoms with Crippen molar-refractivity contribution in [3.05, 3.63) is 23.2 Å². The zero-order chi connectivity index (χ0) is 18.0. The molecule has 0 N–H and O–H groups in total. The lowest BCUT2D eigenvalue weighted by Crippen LogP contribution is -2.38. The molecular weight excluding hydrogens is 320 g/mol. The van der Waals surface area contributed by atoms with E-state index in [0.717, 1.165) is 29.1 Å². The van der Waals surface area contributed by atoms with Crippen molar-refractivity contribution < 1.29 is 13.9 Å². The van der Waals surface area contributed by atoms with Gasteiger partial charge in [-0.1, -0.05) is 13.8 Å². The smallest absolute Gasteiger partial charge is 0.247 e. The standard InChI is InChI=1S/C18H26N4O3/c1-5-24-9-8-22-15-6-7-21(18(23)12(2)3)11-14(15)16(20-22)17-19-10-13(4)25-17/h10,12H,5-9,11H2,1-4H3. The van der Waals surface area contributed by atoms with Gasteiger partial charge in [0, 0.05) is 43.3 Å². The van der Waals surface area contributed by atoms with Crippen LogP contribution in [0, 0.1) is 12.8 Å². The molecule has 0 radical (unpaired) electrons. The molecule has 2 aromatic heterocycles. The molecule has 1 amide bonds. The number of ether oxygens (including phenoxy) is 1. The Balaban J connectivity index is 1.94. The molecule has 0 aliphatic carbocycles. The summed E-state index contributed by atoms with van der Waals surface area (Å²) in [5.74, 6) is 1.42. The van der Waals surface area contributed by atoms with E-state index in [1.807, 2.05) is 37.3 Å². The third-order valence-corrected chi connectivity index (χ3v) is 4.41. The van der Waals surface area contributed by atoms with Crippen LogP contribution in [0.25, 0.3) is 11.6 Å². The highest BCUT2D eigenvalue weighted by Gasteiger charge is 2.30. The molecule has 0 saturated heterocycles. The average molecular weight is 346 g/mol. The van der Waals surface area contributed by atoms with Crippen LogP contribution in [0.1, 0.15) is 37.8 Å². The lowest BCUT2D eigenvalue weighted by molar-refractivity contribution is -0.135. The first kappa shape index (κ1) is 17.7. The van der Waals surface area contributed by atoms with Gasteiger partial charge in [-0.25, -0.2) is 4.98 Å². The van der Waals surface area contributed by atoms with E-state index in [2.05, 4.69) is 4.98 Å². The highest BCUT2D eigenvalue weighted by molar-refractivity contribution is 5.78. The summed E-state index contributed by atoms with van der Waals surface area (Å²) in [6, 6.07) is 0. The molecule has 25 heavy (non-hydrogen) atoms. The number of hydrogen-bond acceptors (Lipinski definition) is 5. The Hall–Kier alpha value is -2.15. The minimum atomic E-state index is -0.0121. The van der Waals surface area contributed by atoms with Crippen LogP contribution in [0.3, 0.4) is 0 Å². The Kier molecular flexibility index (Phi) is 5.22. The fourth-order valence-electron chi connectivity index (χ4n) is 3.16. The van der Waals surface area contributed by atoms with E-state index in [4.69, 9.17) is 14.3 Å². The maximum absolute atomic E-state index is 12.4. The minimum Gasteiger partial charge on any atom is -0.440 e. The van der Waals surface area contributed by atoms with Crippen molar-refractivity contribution in [3.63, 3.8) is 0 Å². The summed E-state index contributed by atoms with van der Waals surface area (Å²) in [7, 11) is 0. The normalized spacial score (nSPS) is 14.2.